The normalized spacial score (nSPS) is 28.0. The van der Waals surface area contributed by atoms with Crippen LogP contribution >= 0.6 is 0 Å². The van der Waals surface area contributed by atoms with Crippen molar-refractivity contribution < 1.29 is 22.3 Å². The fraction of sp³-hybridized carbons (Fsp3) is 0.625. The van der Waals surface area contributed by atoms with Gasteiger partial charge in [0.1, 0.15) is 11.8 Å². The molecule has 1 aromatic carbocycles. The predicted octanol–water partition coefficient (Wildman–Crippen LogP) is 7.82. The third-order valence-corrected chi connectivity index (χ3v) is 6.92. The second-order valence-corrected chi connectivity index (χ2v) is 8.75. The van der Waals surface area contributed by atoms with Crippen molar-refractivity contribution in [1.29, 1.82) is 5.26 Å². The van der Waals surface area contributed by atoms with E-state index in [2.05, 4.69) is 4.74 Å². The Kier molecular flexibility index (Phi) is 7.80. The van der Waals surface area contributed by atoms with Crippen molar-refractivity contribution >= 4 is 0 Å². The van der Waals surface area contributed by atoms with Gasteiger partial charge in [-0.2, -0.15) is 9.65 Å². The number of hydrogen-bond donors (Lipinski definition) is 0. The first-order valence-corrected chi connectivity index (χ1v) is 11.0. The summed E-state index contributed by atoms with van der Waals surface area (Å²) in [7, 11) is 0. The van der Waals surface area contributed by atoms with Crippen molar-refractivity contribution in [1.82, 2.24) is 0 Å². The van der Waals surface area contributed by atoms with Gasteiger partial charge in [-0.25, -0.2) is 0 Å². The summed E-state index contributed by atoms with van der Waals surface area (Å²) < 4.78 is 53.7. The number of benzene rings is 1. The minimum absolute atomic E-state index is 0.164. The van der Waals surface area contributed by atoms with Gasteiger partial charge in [-0.15, -0.1) is 13.2 Å². The summed E-state index contributed by atoms with van der Waals surface area (Å²) in [6.07, 6.45) is 7.72. The van der Waals surface area contributed by atoms with Crippen LogP contribution in [0.15, 0.2) is 36.2 Å². The van der Waals surface area contributed by atoms with Crippen LogP contribution in [-0.2, 0) is 0 Å². The van der Waals surface area contributed by atoms with Crippen molar-refractivity contribution in [2.24, 2.45) is 17.8 Å². The van der Waals surface area contributed by atoms with E-state index in [1.165, 1.54) is 62.8 Å². The maximum Gasteiger partial charge on any atom is 0.573 e. The molecule has 0 N–H and O–H groups in total. The molecule has 3 rings (SSSR count). The number of ether oxygens (including phenoxy) is 1. The number of hydrogen-bond acceptors (Lipinski definition) is 2. The zero-order valence-corrected chi connectivity index (χ0v) is 17.1. The van der Waals surface area contributed by atoms with Gasteiger partial charge in [-0.3, -0.25) is 0 Å². The van der Waals surface area contributed by atoms with Crippen LogP contribution in [0, 0.1) is 29.1 Å². The van der Waals surface area contributed by atoms with E-state index in [-0.39, 0.29) is 5.75 Å². The monoisotopic (exact) mass is 423 g/mol. The molecule has 0 atom stereocenters. The number of alkyl halides is 3. The Morgan fingerprint density at radius 1 is 0.967 bits per heavy atom. The summed E-state index contributed by atoms with van der Waals surface area (Å²) in [6, 6.07) is 7.87. The molecule has 0 unspecified atom stereocenters. The third-order valence-electron chi connectivity index (χ3n) is 6.92. The molecule has 0 heterocycles. The molecule has 1 aromatic rings. The minimum Gasteiger partial charge on any atom is -0.406 e. The van der Waals surface area contributed by atoms with Crippen LogP contribution in [0.4, 0.5) is 17.6 Å². The summed E-state index contributed by atoms with van der Waals surface area (Å²) >= 11 is 0. The lowest BCUT2D eigenvalue weighted by atomic mass is 9.68. The van der Waals surface area contributed by atoms with E-state index < -0.39 is 12.2 Å². The fourth-order valence-corrected chi connectivity index (χ4v) is 5.31. The molecule has 0 aliphatic heterocycles. The molecule has 164 valence electrons. The largest absolute Gasteiger partial charge is 0.573 e. The molecule has 2 nitrogen and oxygen atoms in total. The Labute approximate surface area is 175 Å². The first-order chi connectivity index (χ1) is 14.3. The lowest BCUT2D eigenvalue weighted by Crippen LogP contribution is -2.25. The van der Waals surface area contributed by atoms with E-state index in [0.29, 0.717) is 18.3 Å². The smallest absolute Gasteiger partial charge is 0.406 e. The number of nitriles is 1. The Balaban J connectivity index is 1.40. The molecule has 0 aromatic heterocycles. The van der Waals surface area contributed by atoms with Gasteiger partial charge in [0.15, 0.2) is 5.83 Å². The van der Waals surface area contributed by atoms with Gasteiger partial charge in [-0.05, 0) is 98.8 Å². The average Bonchev–Trinajstić information content (AvgIpc) is 2.74. The summed E-state index contributed by atoms with van der Waals surface area (Å²) in [5.41, 5.74) is 1.10. The maximum atomic E-state index is 12.9. The molecule has 0 amide bonds. The highest BCUT2D eigenvalue weighted by Crippen LogP contribution is 2.44. The Hall–Kier alpha value is -2.03. The summed E-state index contributed by atoms with van der Waals surface area (Å²) in [4.78, 5) is 0. The highest BCUT2D eigenvalue weighted by atomic mass is 19.4. The van der Waals surface area contributed by atoms with E-state index in [1.807, 2.05) is 0 Å². The van der Waals surface area contributed by atoms with Crippen LogP contribution in [0.2, 0.25) is 0 Å². The predicted molar refractivity (Wildman–Crippen MR) is 107 cm³/mol. The van der Waals surface area contributed by atoms with Crippen LogP contribution in [0.25, 0.3) is 0 Å². The Morgan fingerprint density at radius 2 is 1.53 bits per heavy atom. The second kappa shape index (κ2) is 10.3. The van der Waals surface area contributed by atoms with Gasteiger partial charge >= 0.3 is 6.36 Å². The lowest BCUT2D eigenvalue weighted by Gasteiger charge is -2.38. The topological polar surface area (TPSA) is 33.0 Å². The molecule has 0 bridgehead atoms. The summed E-state index contributed by atoms with van der Waals surface area (Å²) in [5.74, 6) is 1.71. The van der Waals surface area contributed by atoms with E-state index >= 15 is 0 Å². The van der Waals surface area contributed by atoms with E-state index in [1.54, 1.807) is 12.1 Å². The van der Waals surface area contributed by atoms with Gasteiger partial charge in [-0.1, -0.05) is 25.0 Å². The highest BCUT2D eigenvalue weighted by molar-refractivity contribution is 5.29. The SMILES string of the molecule is N#CC(F)=CCCC1CCC(C2CCC(c3ccc(OC(F)(F)F)cc3)CC2)CC1. The standard InChI is InChI=1S/C24H29F4NO/c25-22(16-29)3-1-2-17-4-6-18(7-5-17)19-8-10-20(11-9-19)21-12-14-23(15-13-21)30-24(26,27)28/h3,12-15,17-20H,1-2,4-11H2. The number of rotatable bonds is 6. The molecule has 6 heteroatoms. The second-order valence-electron chi connectivity index (χ2n) is 8.75. The molecule has 0 radical (unpaired) electrons. The average molecular weight is 423 g/mol. The van der Waals surface area contributed by atoms with Crippen molar-refractivity contribution in [3.8, 4) is 11.8 Å². The molecular formula is C24H29F4NO. The molecule has 2 fully saturated rings. The third kappa shape index (κ3) is 6.75. The summed E-state index contributed by atoms with van der Waals surface area (Å²) in [5, 5.41) is 8.46. The molecule has 0 saturated heterocycles. The van der Waals surface area contributed by atoms with Gasteiger partial charge in [0.05, 0.1) is 0 Å². The molecule has 0 spiro atoms. The minimum atomic E-state index is -4.65. The first-order valence-electron chi connectivity index (χ1n) is 11.0. The van der Waals surface area contributed by atoms with Crippen LogP contribution in [0.5, 0.6) is 5.75 Å². The molecule has 2 aliphatic rings. The zero-order chi connectivity index (χ0) is 21.6. The van der Waals surface area contributed by atoms with Gasteiger partial charge in [0, 0.05) is 0 Å². The highest BCUT2D eigenvalue weighted by Gasteiger charge is 2.32. The molecule has 2 saturated carbocycles. The van der Waals surface area contributed by atoms with Crippen LogP contribution in [0.1, 0.15) is 75.7 Å². The van der Waals surface area contributed by atoms with E-state index in [0.717, 1.165) is 36.7 Å². The molecular weight excluding hydrogens is 394 g/mol. The van der Waals surface area contributed by atoms with Crippen LogP contribution in [0.3, 0.4) is 0 Å². The maximum absolute atomic E-state index is 12.9. The van der Waals surface area contributed by atoms with Crippen molar-refractivity contribution in [3.05, 3.63) is 41.7 Å². The van der Waals surface area contributed by atoms with Crippen LogP contribution in [-0.4, -0.2) is 6.36 Å². The lowest BCUT2D eigenvalue weighted by molar-refractivity contribution is -0.274. The first kappa shape index (κ1) is 22.7. The fourth-order valence-electron chi connectivity index (χ4n) is 5.31. The number of halogens is 4. The number of nitrogens with zero attached hydrogens (tertiary/aromatic N) is 1. The quantitative estimate of drug-likeness (QED) is 0.345. The van der Waals surface area contributed by atoms with Gasteiger partial charge in [0.25, 0.3) is 0 Å². The molecule has 2 aliphatic carbocycles. The van der Waals surface area contributed by atoms with Gasteiger partial charge in [0.2, 0.25) is 0 Å². The van der Waals surface area contributed by atoms with Gasteiger partial charge < -0.3 is 4.74 Å². The Bertz CT molecular complexity index is 734. The van der Waals surface area contributed by atoms with Crippen molar-refractivity contribution in [2.45, 2.75) is 76.5 Å². The van der Waals surface area contributed by atoms with Crippen LogP contribution < -0.4 is 4.74 Å². The van der Waals surface area contributed by atoms with E-state index in [4.69, 9.17) is 5.26 Å². The van der Waals surface area contributed by atoms with Crippen molar-refractivity contribution in [2.75, 3.05) is 0 Å². The number of allylic oxidation sites excluding steroid dienone is 2. The van der Waals surface area contributed by atoms with Crippen molar-refractivity contribution in [3.63, 3.8) is 0 Å². The zero-order valence-electron chi connectivity index (χ0n) is 17.1. The summed E-state index contributed by atoms with van der Waals surface area (Å²) in [6.45, 7) is 0. The van der Waals surface area contributed by atoms with E-state index in [9.17, 15) is 17.6 Å². The molecule has 30 heavy (non-hydrogen) atoms. The Morgan fingerprint density at radius 3 is 2.07 bits per heavy atom.